The molecule has 0 aliphatic heterocycles. The molecular weight excluding hydrogens is 183 g/mol. The summed E-state index contributed by atoms with van der Waals surface area (Å²) in [7, 11) is -3.27. The van der Waals surface area contributed by atoms with E-state index < -0.39 is 22.4 Å². The molecule has 66 valence electrons. The Morgan fingerprint density at radius 1 is 1.55 bits per heavy atom. The van der Waals surface area contributed by atoms with Gasteiger partial charge in [0.05, 0.1) is 0 Å². The SMILES string of the molecule is CCC(=O)NS(=O)C(F)(F)F. The van der Waals surface area contributed by atoms with Gasteiger partial charge < -0.3 is 0 Å². The van der Waals surface area contributed by atoms with Gasteiger partial charge in [-0.2, -0.15) is 13.2 Å². The van der Waals surface area contributed by atoms with Crippen molar-refractivity contribution >= 4 is 16.9 Å². The van der Waals surface area contributed by atoms with Crippen LogP contribution in [0.2, 0.25) is 0 Å². The molecule has 0 aromatic rings. The van der Waals surface area contributed by atoms with Crippen LogP contribution in [0.15, 0.2) is 0 Å². The number of alkyl halides is 3. The van der Waals surface area contributed by atoms with Crippen molar-refractivity contribution in [2.45, 2.75) is 18.9 Å². The van der Waals surface area contributed by atoms with E-state index in [1.807, 2.05) is 0 Å². The van der Waals surface area contributed by atoms with Gasteiger partial charge in [0, 0.05) is 6.42 Å². The first-order valence-electron chi connectivity index (χ1n) is 2.66. The second-order valence-electron chi connectivity index (χ2n) is 1.59. The van der Waals surface area contributed by atoms with E-state index >= 15 is 0 Å². The van der Waals surface area contributed by atoms with Crippen molar-refractivity contribution in [1.29, 1.82) is 0 Å². The van der Waals surface area contributed by atoms with Gasteiger partial charge in [-0.05, 0) is 0 Å². The molecule has 0 fully saturated rings. The number of hydrogen-bond donors (Lipinski definition) is 1. The Labute approximate surface area is 63.6 Å². The normalized spacial score (nSPS) is 14.2. The van der Waals surface area contributed by atoms with E-state index in [2.05, 4.69) is 0 Å². The Hall–Kier alpha value is -0.590. The summed E-state index contributed by atoms with van der Waals surface area (Å²) in [6.45, 7) is 1.36. The van der Waals surface area contributed by atoms with Gasteiger partial charge in [0.25, 0.3) is 0 Å². The molecular formula is C4H6F3NO2S. The number of hydrogen-bond acceptors (Lipinski definition) is 2. The van der Waals surface area contributed by atoms with Gasteiger partial charge in [-0.3, -0.25) is 9.52 Å². The van der Waals surface area contributed by atoms with Crippen LogP contribution in [0, 0.1) is 0 Å². The van der Waals surface area contributed by atoms with Crippen LogP contribution < -0.4 is 4.72 Å². The molecule has 0 saturated heterocycles. The summed E-state index contributed by atoms with van der Waals surface area (Å²) in [5, 5.41) is 0. The number of rotatable bonds is 2. The molecule has 0 bridgehead atoms. The topological polar surface area (TPSA) is 46.2 Å². The largest absolute Gasteiger partial charge is 0.490 e. The Balaban J connectivity index is 3.99. The molecule has 0 rings (SSSR count). The molecule has 1 atom stereocenters. The third kappa shape index (κ3) is 3.97. The molecule has 1 N–H and O–H groups in total. The fraction of sp³-hybridized carbons (Fsp3) is 0.750. The minimum atomic E-state index is -4.87. The fourth-order valence-electron chi connectivity index (χ4n) is 0.233. The molecule has 0 aromatic carbocycles. The highest BCUT2D eigenvalue weighted by Gasteiger charge is 2.38. The van der Waals surface area contributed by atoms with Crippen LogP contribution in [0.25, 0.3) is 0 Å². The average molecular weight is 189 g/mol. The lowest BCUT2D eigenvalue weighted by Crippen LogP contribution is -2.34. The number of halogens is 3. The van der Waals surface area contributed by atoms with Crippen LogP contribution in [-0.2, 0) is 15.8 Å². The van der Waals surface area contributed by atoms with E-state index in [9.17, 15) is 22.2 Å². The van der Waals surface area contributed by atoms with Gasteiger partial charge >= 0.3 is 5.51 Å². The Morgan fingerprint density at radius 2 is 2.00 bits per heavy atom. The molecule has 0 saturated carbocycles. The van der Waals surface area contributed by atoms with Gasteiger partial charge in [-0.1, -0.05) is 6.92 Å². The van der Waals surface area contributed by atoms with Gasteiger partial charge in [0.1, 0.15) is 0 Å². The van der Waals surface area contributed by atoms with Crippen molar-refractivity contribution in [3.05, 3.63) is 0 Å². The predicted octanol–water partition coefficient (Wildman–Crippen LogP) is 0.696. The first-order chi connectivity index (χ1) is 4.88. The zero-order valence-corrected chi connectivity index (χ0v) is 6.38. The Kier molecular flexibility index (Phi) is 3.50. The maximum atomic E-state index is 11.4. The van der Waals surface area contributed by atoms with Crippen LogP contribution in [0.4, 0.5) is 13.2 Å². The third-order valence-corrected chi connectivity index (χ3v) is 1.57. The summed E-state index contributed by atoms with van der Waals surface area (Å²) < 4.78 is 45.7. The monoisotopic (exact) mass is 189 g/mol. The number of nitrogens with one attached hydrogen (secondary N) is 1. The molecule has 3 nitrogen and oxygen atoms in total. The maximum absolute atomic E-state index is 11.4. The van der Waals surface area contributed by atoms with Crippen molar-refractivity contribution in [2.75, 3.05) is 0 Å². The van der Waals surface area contributed by atoms with Crippen molar-refractivity contribution < 1.29 is 22.2 Å². The molecule has 0 spiro atoms. The minimum Gasteiger partial charge on any atom is -0.274 e. The van der Waals surface area contributed by atoms with E-state index in [4.69, 9.17) is 0 Å². The van der Waals surface area contributed by atoms with E-state index in [0.717, 1.165) is 0 Å². The molecule has 11 heavy (non-hydrogen) atoms. The van der Waals surface area contributed by atoms with E-state index in [1.54, 1.807) is 0 Å². The predicted molar refractivity (Wildman–Crippen MR) is 32.6 cm³/mol. The van der Waals surface area contributed by atoms with E-state index in [-0.39, 0.29) is 6.42 Å². The molecule has 1 unspecified atom stereocenters. The van der Waals surface area contributed by atoms with Crippen molar-refractivity contribution in [2.24, 2.45) is 0 Å². The summed E-state index contributed by atoms with van der Waals surface area (Å²) in [6, 6.07) is 0. The Bertz CT molecular complexity index is 179. The highest BCUT2D eigenvalue weighted by Crippen LogP contribution is 2.17. The lowest BCUT2D eigenvalue weighted by atomic mass is 10.5. The molecule has 0 aromatic heterocycles. The van der Waals surface area contributed by atoms with Crippen molar-refractivity contribution in [3.8, 4) is 0 Å². The highest BCUT2D eigenvalue weighted by atomic mass is 32.2. The summed E-state index contributed by atoms with van der Waals surface area (Å²) in [6.07, 6.45) is -0.123. The maximum Gasteiger partial charge on any atom is 0.490 e. The van der Waals surface area contributed by atoms with Crippen LogP contribution in [-0.4, -0.2) is 15.6 Å². The summed E-state index contributed by atoms with van der Waals surface area (Å²) in [5.41, 5.74) is -4.87. The van der Waals surface area contributed by atoms with Crippen LogP contribution in [0.1, 0.15) is 13.3 Å². The molecule has 0 aliphatic rings. The van der Waals surface area contributed by atoms with Crippen molar-refractivity contribution in [1.82, 2.24) is 4.72 Å². The summed E-state index contributed by atoms with van der Waals surface area (Å²) in [4.78, 5) is 10.3. The molecule has 0 heterocycles. The highest BCUT2D eigenvalue weighted by molar-refractivity contribution is 7.84. The number of amides is 1. The molecule has 1 amide bonds. The fourth-order valence-corrected chi connectivity index (χ4v) is 0.700. The lowest BCUT2D eigenvalue weighted by Gasteiger charge is -2.05. The quantitative estimate of drug-likeness (QED) is 0.694. The van der Waals surface area contributed by atoms with E-state index in [0.29, 0.717) is 0 Å². The molecule has 0 radical (unpaired) electrons. The molecule has 0 aliphatic carbocycles. The summed E-state index contributed by atoms with van der Waals surface area (Å²) >= 11 is 0. The van der Waals surface area contributed by atoms with Crippen LogP contribution >= 0.6 is 0 Å². The third-order valence-electron chi connectivity index (χ3n) is 0.738. The van der Waals surface area contributed by atoms with Gasteiger partial charge in [-0.25, -0.2) is 4.21 Å². The Morgan fingerprint density at radius 3 is 2.27 bits per heavy atom. The van der Waals surface area contributed by atoms with Crippen molar-refractivity contribution in [3.63, 3.8) is 0 Å². The smallest absolute Gasteiger partial charge is 0.274 e. The minimum absolute atomic E-state index is 0.123. The first-order valence-corrected chi connectivity index (χ1v) is 3.81. The second-order valence-corrected chi connectivity index (χ2v) is 2.80. The summed E-state index contributed by atoms with van der Waals surface area (Å²) in [5.74, 6) is -0.888. The first kappa shape index (κ1) is 10.4. The number of carbonyl (C=O) groups is 1. The van der Waals surface area contributed by atoms with Crippen LogP contribution in [0.5, 0.6) is 0 Å². The number of carbonyl (C=O) groups excluding carboxylic acids is 1. The van der Waals surface area contributed by atoms with Gasteiger partial charge in [0.2, 0.25) is 16.9 Å². The zero-order chi connectivity index (χ0) is 9.07. The standard InChI is InChI=1S/C4H6F3NO2S/c1-2-3(9)8-11(10)4(5,6)7/h2H2,1H3,(H,8,9). The lowest BCUT2D eigenvalue weighted by molar-refractivity contribution is -0.119. The van der Waals surface area contributed by atoms with Gasteiger partial charge in [0.15, 0.2) is 0 Å². The average Bonchev–Trinajstić information content (AvgIpc) is 1.85. The second kappa shape index (κ2) is 3.70. The zero-order valence-electron chi connectivity index (χ0n) is 5.57. The molecule has 7 heteroatoms. The van der Waals surface area contributed by atoms with E-state index in [1.165, 1.54) is 11.6 Å². The van der Waals surface area contributed by atoms with Gasteiger partial charge in [-0.15, -0.1) is 0 Å². The van der Waals surface area contributed by atoms with Crippen LogP contribution in [0.3, 0.4) is 0 Å².